The maximum absolute atomic E-state index is 12.8. The number of carbonyl (C=O) groups excluding carboxylic acids is 1. The Morgan fingerprint density at radius 1 is 1.41 bits per heavy atom. The second kappa shape index (κ2) is 6.81. The molecule has 0 saturated carbocycles. The maximum Gasteiger partial charge on any atom is 0.266 e. The van der Waals surface area contributed by atoms with Crippen LogP contribution in [-0.4, -0.2) is 35.2 Å². The van der Waals surface area contributed by atoms with Crippen LogP contribution in [0.1, 0.15) is 25.9 Å². The van der Waals surface area contributed by atoms with E-state index in [1.165, 1.54) is 21.8 Å². The van der Waals surface area contributed by atoms with Crippen LogP contribution < -0.4 is 0 Å². The zero-order valence-electron chi connectivity index (χ0n) is 12.7. The van der Waals surface area contributed by atoms with Crippen molar-refractivity contribution in [2.24, 2.45) is 0 Å². The summed E-state index contributed by atoms with van der Waals surface area (Å²) in [6.45, 7) is 3.77. The van der Waals surface area contributed by atoms with Crippen molar-refractivity contribution in [3.8, 4) is 0 Å². The molecule has 22 heavy (non-hydrogen) atoms. The van der Waals surface area contributed by atoms with Crippen molar-refractivity contribution in [3.05, 3.63) is 45.4 Å². The van der Waals surface area contributed by atoms with Crippen LogP contribution in [0.15, 0.2) is 29.2 Å². The van der Waals surface area contributed by atoms with Crippen LogP contribution in [0.4, 0.5) is 0 Å². The summed E-state index contributed by atoms with van der Waals surface area (Å²) in [5, 5.41) is 0.855. The van der Waals surface area contributed by atoms with Gasteiger partial charge in [0.25, 0.3) is 5.91 Å². The molecule has 0 N–H and O–H groups in total. The molecule has 1 aromatic heterocycles. The minimum atomic E-state index is 0.0784. The average molecular weight is 334 g/mol. The molecule has 0 aliphatic carbocycles. The molecule has 0 spiro atoms. The first-order valence-electron chi connectivity index (χ1n) is 7.14. The molecule has 1 aromatic carbocycles. The molecule has 4 nitrogen and oxygen atoms in total. The van der Waals surface area contributed by atoms with Gasteiger partial charge in [0.2, 0.25) is 0 Å². The van der Waals surface area contributed by atoms with Crippen molar-refractivity contribution in [2.75, 3.05) is 19.4 Å². The number of aromatic nitrogens is 1. The molecule has 116 valence electrons. The molecule has 1 aliphatic heterocycles. The number of ether oxygens (including phenoxy) is 1. The van der Waals surface area contributed by atoms with Crippen LogP contribution in [0.5, 0.6) is 0 Å². The SMILES string of the molecule is COCc1nc(C)c(C(=O)N2CCSc3ccccc3C2)s1. The second-order valence-corrected chi connectivity index (χ2v) is 7.36. The molecule has 0 saturated heterocycles. The third-order valence-electron chi connectivity index (χ3n) is 3.54. The van der Waals surface area contributed by atoms with Crippen LogP contribution in [-0.2, 0) is 17.9 Å². The molecule has 1 aliphatic rings. The first kappa shape index (κ1) is 15.5. The molecule has 0 atom stereocenters. The molecule has 2 aromatic rings. The lowest BCUT2D eigenvalue weighted by molar-refractivity contribution is 0.0758. The highest BCUT2D eigenvalue weighted by atomic mass is 32.2. The predicted octanol–water partition coefficient (Wildman–Crippen LogP) is 3.35. The first-order valence-corrected chi connectivity index (χ1v) is 8.94. The quantitative estimate of drug-likeness (QED) is 0.863. The molecule has 0 radical (unpaired) electrons. The van der Waals surface area contributed by atoms with Gasteiger partial charge in [0.05, 0.1) is 12.3 Å². The topological polar surface area (TPSA) is 42.4 Å². The van der Waals surface area contributed by atoms with Gasteiger partial charge in [-0.1, -0.05) is 18.2 Å². The number of hydrogen-bond acceptors (Lipinski definition) is 5. The Morgan fingerprint density at radius 2 is 2.23 bits per heavy atom. The van der Waals surface area contributed by atoms with E-state index in [4.69, 9.17) is 4.74 Å². The molecule has 0 unspecified atom stereocenters. The summed E-state index contributed by atoms with van der Waals surface area (Å²) in [5.74, 6) is 1.00. The lowest BCUT2D eigenvalue weighted by Gasteiger charge is -2.20. The molecule has 0 bridgehead atoms. The number of amides is 1. The number of methoxy groups -OCH3 is 1. The number of fused-ring (bicyclic) bond motifs is 1. The Labute approximate surface area is 138 Å². The van der Waals surface area contributed by atoms with E-state index in [1.807, 2.05) is 35.7 Å². The van der Waals surface area contributed by atoms with E-state index in [2.05, 4.69) is 17.1 Å². The number of hydrogen-bond donors (Lipinski definition) is 0. The van der Waals surface area contributed by atoms with Gasteiger partial charge >= 0.3 is 0 Å². The predicted molar refractivity (Wildman–Crippen MR) is 89.5 cm³/mol. The number of carbonyl (C=O) groups is 1. The fourth-order valence-corrected chi connectivity index (χ4v) is 4.51. The van der Waals surface area contributed by atoms with E-state index in [9.17, 15) is 4.79 Å². The van der Waals surface area contributed by atoms with Crippen molar-refractivity contribution in [1.29, 1.82) is 0 Å². The van der Waals surface area contributed by atoms with Gasteiger partial charge < -0.3 is 9.64 Å². The fourth-order valence-electron chi connectivity index (χ4n) is 2.48. The molecular weight excluding hydrogens is 316 g/mol. The summed E-state index contributed by atoms with van der Waals surface area (Å²) < 4.78 is 5.11. The van der Waals surface area contributed by atoms with Gasteiger partial charge in [-0.3, -0.25) is 4.79 Å². The summed E-state index contributed by atoms with van der Waals surface area (Å²) in [5.41, 5.74) is 2.02. The van der Waals surface area contributed by atoms with Gasteiger partial charge in [-0.05, 0) is 18.6 Å². The summed E-state index contributed by atoms with van der Waals surface area (Å²) in [7, 11) is 1.64. The van der Waals surface area contributed by atoms with Crippen molar-refractivity contribution >= 4 is 29.0 Å². The normalized spacial score (nSPS) is 14.5. The Hall–Kier alpha value is -1.37. The number of thioether (sulfide) groups is 1. The maximum atomic E-state index is 12.8. The van der Waals surface area contributed by atoms with Gasteiger partial charge in [0, 0.05) is 30.8 Å². The molecule has 6 heteroatoms. The van der Waals surface area contributed by atoms with Crippen LogP contribution in [0, 0.1) is 6.92 Å². The molecule has 1 amide bonds. The van der Waals surface area contributed by atoms with E-state index in [-0.39, 0.29) is 5.91 Å². The van der Waals surface area contributed by atoms with E-state index < -0.39 is 0 Å². The summed E-state index contributed by atoms with van der Waals surface area (Å²) >= 11 is 3.26. The van der Waals surface area contributed by atoms with Gasteiger partial charge in [0.15, 0.2) is 0 Å². The third kappa shape index (κ3) is 3.19. The van der Waals surface area contributed by atoms with Gasteiger partial charge in [-0.15, -0.1) is 23.1 Å². The van der Waals surface area contributed by atoms with Crippen LogP contribution in [0.3, 0.4) is 0 Å². The lowest BCUT2D eigenvalue weighted by atomic mass is 10.2. The number of benzene rings is 1. The summed E-state index contributed by atoms with van der Waals surface area (Å²) in [6, 6.07) is 8.31. The Bertz CT molecular complexity index is 685. The first-order chi connectivity index (χ1) is 10.7. The number of aryl methyl sites for hydroxylation is 1. The Balaban J connectivity index is 1.83. The minimum absolute atomic E-state index is 0.0784. The van der Waals surface area contributed by atoms with Crippen LogP contribution in [0.2, 0.25) is 0 Å². The van der Waals surface area contributed by atoms with Gasteiger partial charge in [0.1, 0.15) is 9.88 Å². The highest BCUT2D eigenvalue weighted by Crippen LogP contribution is 2.29. The molecular formula is C16H18N2O2S2. The van der Waals surface area contributed by atoms with Crippen molar-refractivity contribution in [2.45, 2.75) is 25.0 Å². The van der Waals surface area contributed by atoms with Crippen LogP contribution >= 0.6 is 23.1 Å². The zero-order chi connectivity index (χ0) is 15.5. The van der Waals surface area contributed by atoms with E-state index in [1.54, 1.807) is 7.11 Å². The van der Waals surface area contributed by atoms with E-state index >= 15 is 0 Å². The molecule has 3 rings (SSSR count). The van der Waals surface area contributed by atoms with Gasteiger partial charge in [-0.25, -0.2) is 4.98 Å². The molecule has 0 fully saturated rings. The van der Waals surface area contributed by atoms with Crippen molar-refractivity contribution in [1.82, 2.24) is 9.88 Å². The lowest BCUT2D eigenvalue weighted by Crippen LogP contribution is -2.31. The average Bonchev–Trinajstić information content (AvgIpc) is 2.75. The Morgan fingerprint density at radius 3 is 3.05 bits per heavy atom. The highest BCUT2D eigenvalue weighted by Gasteiger charge is 2.24. The number of rotatable bonds is 3. The Kier molecular flexibility index (Phi) is 4.81. The monoisotopic (exact) mass is 334 g/mol. The summed E-state index contributed by atoms with van der Waals surface area (Å²) in [6.07, 6.45) is 0. The second-order valence-electron chi connectivity index (χ2n) is 5.14. The highest BCUT2D eigenvalue weighted by molar-refractivity contribution is 7.99. The minimum Gasteiger partial charge on any atom is -0.378 e. The van der Waals surface area contributed by atoms with E-state index in [0.717, 1.165) is 27.9 Å². The molecule has 2 heterocycles. The standard InChI is InChI=1S/C16H18N2O2S2/c1-11-15(22-14(17-11)10-20-2)16(19)18-7-8-21-13-6-4-3-5-12(13)9-18/h3-6H,7-10H2,1-2H3. The van der Waals surface area contributed by atoms with E-state index in [0.29, 0.717) is 13.2 Å². The zero-order valence-corrected chi connectivity index (χ0v) is 14.3. The number of thiazole rings is 1. The smallest absolute Gasteiger partial charge is 0.266 e. The summed E-state index contributed by atoms with van der Waals surface area (Å²) in [4.78, 5) is 21.2. The van der Waals surface area contributed by atoms with Crippen molar-refractivity contribution < 1.29 is 9.53 Å². The van der Waals surface area contributed by atoms with Crippen LogP contribution in [0.25, 0.3) is 0 Å². The fraction of sp³-hybridized carbons (Fsp3) is 0.375. The number of nitrogens with zero attached hydrogens (tertiary/aromatic N) is 2. The van der Waals surface area contributed by atoms with Gasteiger partial charge in [-0.2, -0.15) is 0 Å². The third-order valence-corrected chi connectivity index (χ3v) is 5.76. The largest absolute Gasteiger partial charge is 0.378 e. The van der Waals surface area contributed by atoms with Crippen molar-refractivity contribution in [3.63, 3.8) is 0 Å².